The highest BCUT2D eigenvalue weighted by Gasteiger charge is 2.18. The first-order valence-electron chi connectivity index (χ1n) is 6.20. The predicted molar refractivity (Wildman–Crippen MR) is 63.3 cm³/mol. The first-order chi connectivity index (χ1) is 7.40. The van der Waals surface area contributed by atoms with Crippen molar-refractivity contribution in [3.63, 3.8) is 0 Å². The normalized spacial score (nSPS) is 27.7. The van der Waals surface area contributed by atoms with Gasteiger partial charge in [0.05, 0.1) is 13.2 Å². The van der Waals surface area contributed by atoms with E-state index in [4.69, 9.17) is 9.73 Å². The molecule has 0 fully saturated rings. The molecular weight excluding hydrogens is 186 g/mol. The van der Waals surface area contributed by atoms with Crippen LogP contribution in [0.25, 0.3) is 0 Å². The molecule has 84 valence electrons. The van der Waals surface area contributed by atoms with Crippen molar-refractivity contribution in [1.29, 1.82) is 0 Å². The summed E-state index contributed by atoms with van der Waals surface area (Å²) in [6.45, 7) is 0. The molecule has 1 aliphatic heterocycles. The molecule has 1 aliphatic carbocycles. The Labute approximate surface area is 92.4 Å². The highest BCUT2D eigenvalue weighted by molar-refractivity contribution is 5.76. The van der Waals surface area contributed by atoms with Gasteiger partial charge in [0.1, 0.15) is 0 Å². The zero-order chi connectivity index (χ0) is 10.5. The minimum atomic E-state index is 0.433. The zero-order valence-corrected chi connectivity index (χ0v) is 9.67. The first-order valence-corrected chi connectivity index (χ1v) is 6.20. The SMILES string of the molecule is COC1=NC(C2=CCCCC2)CCCC1. The van der Waals surface area contributed by atoms with Crippen LogP contribution in [0.5, 0.6) is 0 Å². The Kier molecular flexibility index (Phi) is 3.81. The summed E-state index contributed by atoms with van der Waals surface area (Å²) in [5, 5.41) is 0. The smallest absolute Gasteiger partial charge is 0.183 e. The summed E-state index contributed by atoms with van der Waals surface area (Å²) in [4.78, 5) is 4.74. The lowest BCUT2D eigenvalue weighted by Gasteiger charge is -2.19. The average molecular weight is 207 g/mol. The number of rotatable bonds is 1. The number of hydrogen-bond donors (Lipinski definition) is 0. The van der Waals surface area contributed by atoms with E-state index in [1.165, 1.54) is 44.9 Å². The highest BCUT2D eigenvalue weighted by atomic mass is 16.5. The van der Waals surface area contributed by atoms with E-state index in [9.17, 15) is 0 Å². The van der Waals surface area contributed by atoms with Crippen molar-refractivity contribution in [3.8, 4) is 0 Å². The molecule has 1 unspecified atom stereocenters. The molecule has 0 saturated heterocycles. The fourth-order valence-corrected chi connectivity index (χ4v) is 2.51. The van der Waals surface area contributed by atoms with E-state index >= 15 is 0 Å². The molecule has 1 heterocycles. The number of ether oxygens (including phenoxy) is 1. The first kappa shape index (κ1) is 10.7. The molecule has 0 aromatic rings. The Bertz CT molecular complexity index is 268. The van der Waals surface area contributed by atoms with Crippen molar-refractivity contribution in [2.24, 2.45) is 4.99 Å². The van der Waals surface area contributed by atoms with E-state index in [0.29, 0.717) is 6.04 Å². The Morgan fingerprint density at radius 2 is 2.07 bits per heavy atom. The molecule has 0 N–H and O–H groups in total. The third-order valence-electron chi connectivity index (χ3n) is 3.41. The molecule has 2 aliphatic rings. The van der Waals surface area contributed by atoms with Gasteiger partial charge in [0.15, 0.2) is 5.90 Å². The van der Waals surface area contributed by atoms with Gasteiger partial charge in [0.2, 0.25) is 0 Å². The van der Waals surface area contributed by atoms with Gasteiger partial charge in [0.25, 0.3) is 0 Å². The molecule has 0 saturated carbocycles. The predicted octanol–water partition coefficient (Wildman–Crippen LogP) is 3.47. The van der Waals surface area contributed by atoms with Crippen LogP contribution in [0.4, 0.5) is 0 Å². The van der Waals surface area contributed by atoms with Crippen LogP contribution >= 0.6 is 0 Å². The molecular formula is C13H21NO. The van der Waals surface area contributed by atoms with Crippen LogP contribution in [-0.2, 0) is 4.74 Å². The quantitative estimate of drug-likeness (QED) is 0.603. The minimum Gasteiger partial charge on any atom is -0.484 e. The van der Waals surface area contributed by atoms with Crippen molar-refractivity contribution in [2.45, 2.75) is 57.4 Å². The number of methoxy groups -OCH3 is 1. The van der Waals surface area contributed by atoms with E-state index in [2.05, 4.69) is 6.08 Å². The van der Waals surface area contributed by atoms with Gasteiger partial charge in [-0.05, 0) is 44.1 Å². The lowest BCUT2D eigenvalue weighted by Crippen LogP contribution is -2.12. The maximum atomic E-state index is 5.31. The summed E-state index contributed by atoms with van der Waals surface area (Å²) < 4.78 is 5.31. The van der Waals surface area contributed by atoms with Crippen molar-refractivity contribution in [1.82, 2.24) is 0 Å². The zero-order valence-electron chi connectivity index (χ0n) is 9.67. The van der Waals surface area contributed by atoms with E-state index in [1.54, 1.807) is 12.7 Å². The minimum absolute atomic E-state index is 0.433. The van der Waals surface area contributed by atoms with Crippen molar-refractivity contribution >= 4 is 5.90 Å². The third-order valence-corrected chi connectivity index (χ3v) is 3.41. The summed E-state index contributed by atoms with van der Waals surface area (Å²) in [5.74, 6) is 0.962. The third kappa shape index (κ3) is 2.83. The van der Waals surface area contributed by atoms with E-state index in [1.807, 2.05) is 0 Å². The van der Waals surface area contributed by atoms with Gasteiger partial charge < -0.3 is 4.74 Å². The molecule has 0 aromatic carbocycles. The van der Waals surface area contributed by atoms with E-state index < -0.39 is 0 Å². The molecule has 1 atom stereocenters. The summed E-state index contributed by atoms with van der Waals surface area (Å²) in [6.07, 6.45) is 12.4. The second-order valence-electron chi connectivity index (χ2n) is 4.51. The maximum absolute atomic E-state index is 5.31. The molecule has 0 amide bonds. The van der Waals surface area contributed by atoms with Gasteiger partial charge in [-0.2, -0.15) is 0 Å². The second-order valence-corrected chi connectivity index (χ2v) is 4.51. The Morgan fingerprint density at radius 1 is 1.20 bits per heavy atom. The maximum Gasteiger partial charge on any atom is 0.183 e. The van der Waals surface area contributed by atoms with Crippen LogP contribution in [0.15, 0.2) is 16.6 Å². The standard InChI is InChI=1S/C13H21NO/c1-15-13-10-6-5-9-12(14-13)11-7-3-2-4-8-11/h7,12H,2-6,8-10H2,1H3. The lowest BCUT2D eigenvalue weighted by atomic mass is 9.92. The molecule has 0 bridgehead atoms. The fourth-order valence-electron chi connectivity index (χ4n) is 2.51. The summed E-state index contributed by atoms with van der Waals surface area (Å²) in [5.41, 5.74) is 1.57. The van der Waals surface area contributed by atoms with Crippen LogP contribution in [-0.4, -0.2) is 19.0 Å². The second kappa shape index (κ2) is 5.34. The van der Waals surface area contributed by atoms with Gasteiger partial charge in [-0.15, -0.1) is 0 Å². The van der Waals surface area contributed by atoms with Gasteiger partial charge >= 0.3 is 0 Å². The molecule has 2 rings (SSSR count). The number of aliphatic imine (C=N–C) groups is 1. The van der Waals surface area contributed by atoms with Crippen LogP contribution in [0.1, 0.15) is 51.4 Å². The van der Waals surface area contributed by atoms with Crippen LogP contribution in [0.3, 0.4) is 0 Å². The Balaban J connectivity index is 2.08. The summed E-state index contributed by atoms with van der Waals surface area (Å²) >= 11 is 0. The van der Waals surface area contributed by atoms with Crippen LogP contribution in [0.2, 0.25) is 0 Å². The van der Waals surface area contributed by atoms with Crippen LogP contribution in [0, 0.1) is 0 Å². The fraction of sp³-hybridized carbons (Fsp3) is 0.769. The van der Waals surface area contributed by atoms with Gasteiger partial charge in [-0.1, -0.05) is 12.5 Å². The summed E-state index contributed by atoms with van der Waals surface area (Å²) in [6, 6.07) is 0.433. The van der Waals surface area contributed by atoms with E-state index in [-0.39, 0.29) is 0 Å². The van der Waals surface area contributed by atoms with Gasteiger partial charge in [-0.3, -0.25) is 0 Å². The highest BCUT2D eigenvalue weighted by Crippen LogP contribution is 2.27. The molecule has 0 aromatic heterocycles. The van der Waals surface area contributed by atoms with Crippen molar-refractivity contribution < 1.29 is 4.74 Å². The lowest BCUT2D eigenvalue weighted by molar-refractivity contribution is 0.387. The molecule has 2 heteroatoms. The van der Waals surface area contributed by atoms with Crippen molar-refractivity contribution in [3.05, 3.63) is 11.6 Å². The molecule has 0 radical (unpaired) electrons. The molecule has 15 heavy (non-hydrogen) atoms. The Morgan fingerprint density at radius 3 is 2.80 bits per heavy atom. The van der Waals surface area contributed by atoms with Gasteiger partial charge in [-0.25, -0.2) is 4.99 Å². The van der Waals surface area contributed by atoms with Crippen molar-refractivity contribution in [2.75, 3.05) is 7.11 Å². The number of hydrogen-bond acceptors (Lipinski definition) is 2. The molecule has 0 spiro atoms. The van der Waals surface area contributed by atoms with Crippen LogP contribution < -0.4 is 0 Å². The largest absolute Gasteiger partial charge is 0.484 e. The molecule has 2 nitrogen and oxygen atoms in total. The number of nitrogens with zero attached hydrogens (tertiary/aromatic N) is 1. The Hall–Kier alpha value is -0.790. The summed E-state index contributed by atoms with van der Waals surface area (Å²) in [7, 11) is 1.75. The van der Waals surface area contributed by atoms with Gasteiger partial charge in [0, 0.05) is 6.42 Å². The average Bonchev–Trinajstić information content (AvgIpc) is 2.55. The number of allylic oxidation sites excluding steroid dienone is 1. The topological polar surface area (TPSA) is 21.6 Å². The monoisotopic (exact) mass is 207 g/mol. The van der Waals surface area contributed by atoms with E-state index in [0.717, 1.165) is 12.3 Å².